The van der Waals surface area contributed by atoms with Gasteiger partial charge in [-0.25, -0.2) is 0 Å². The Hall–Kier alpha value is 0.354. The Balaban J connectivity index is 3.29. The predicted octanol–water partition coefficient (Wildman–Crippen LogP) is 1.37. The molecule has 0 radical (unpaired) electrons. The maximum atomic E-state index is 5.64. The molecule has 0 aliphatic heterocycles. The summed E-state index contributed by atoms with van der Waals surface area (Å²) in [5.41, 5.74) is 0. The highest BCUT2D eigenvalue weighted by Gasteiger charge is 2.06. The number of hydrogen-bond donors (Lipinski definition) is 0. The summed E-state index contributed by atoms with van der Waals surface area (Å²) in [6, 6.07) is 0. The van der Waals surface area contributed by atoms with Gasteiger partial charge >= 0.3 is 0 Å². The van der Waals surface area contributed by atoms with Crippen molar-refractivity contribution in [1.29, 1.82) is 0 Å². The zero-order valence-electron chi connectivity index (χ0n) is 8.26. The third-order valence-corrected chi connectivity index (χ3v) is 3.04. The molecule has 0 aromatic carbocycles. The van der Waals surface area contributed by atoms with Crippen LogP contribution in [0.1, 0.15) is 6.92 Å². The van der Waals surface area contributed by atoms with Crippen molar-refractivity contribution in [2.24, 2.45) is 0 Å². The highest BCUT2D eigenvalue weighted by Crippen LogP contribution is 1.96. The first-order valence-electron chi connectivity index (χ1n) is 4.29. The van der Waals surface area contributed by atoms with Gasteiger partial charge in [0.1, 0.15) is 0 Å². The van der Waals surface area contributed by atoms with Gasteiger partial charge in [-0.15, -0.1) is 0 Å². The maximum absolute atomic E-state index is 5.64. The molecule has 0 aliphatic carbocycles. The molecule has 0 saturated carbocycles. The smallest absolute Gasteiger partial charge is 0.171 e. The van der Waals surface area contributed by atoms with Gasteiger partial charge in [-0.2, -0.15) is 0 Å². The topological polar surface area (TPSA) is 18.5 Å². The highest BCUT2D eigenvalue weighted by atomic mass is 28.3. The Morgan fingerprint density at radius 3 is 2.00 bits per heavy atom. The van der Waals surface area contributed by atoms with Crippen LogP contribution in [-0.2, 0) is 8.85 Å². The first-order valence-corrected chi connectivity index (χ1v) is 9.85. The number of hydrogen-bond acceptors (Lipinski definition) is 2. The summed E-state index contributed by atoms with van der Waals surface area (Å²) >= 11 is 0. The molecule has 11 heavy (non-hydrogen) atoms. The van der Waals surface area contributed by atoms with Crippen LogP contribution in [0.2, 0.25) is 26.2 Å². The van der Waals surface area contributed by atoms with Gasteiger partial charge < -0.3 is 8.85 Å². The molecule has 1 atom stereocenters. The molecule has 0 N–H and O–H groups in total. The fourth-order valence-electron chi connectivity index (χ4n) is 0.832. The van der Waals surface area contributed by atoms with Gasteiger partial charge in [0.05, 0.1) is 12.7 Å². The fourth-order valence-corrected chi connectivity index (χ4v) is 2.50. The molecule has 0 aromatic rings. The van der Waals surface area contributed by atoms with E-state index in [9.17, 15) is 0 Å². The molecule has 0 rings (SSSR count). The molecule has 0 aromatic heterocycles. The predicted molar refractivity (Wildman–Crippen MR) is 54.3 cm³/mol. The lowest BCUT2D eigenvalue weighted by atomic mass is 10.5. The van der Waals surface area contributed by atoms with Crippen molar-refractivity contribution < 1.29 is 8.85 Å². The summed E-state index contributed by atoms with van der Waals surface area (Å²) in [5.74, 6) is 0. The molecule has 0 bridgehead atoms. The van der Waals surface area contributed by atoms with Crippen LogP contribution in [0.25, 0.3) is 0 Å². The van der Waals surface area contributed by atoms with E-state index < -0.39 is 18.1 Å². The lowest BCUT2D eigenvalue weighted by Gasteiger charge is -2.17. The highest BCUT2D eigenvalue weighted by molar-refractivity contribution is 6.48. The Bertz CT molecular complexity index is 96.4. The molecule has 2 nitrogen and oxygen atoms in total. The zero-order chi connectivity index (χ0) is 8.85. The molecular formula is C7H20O2Si2. The minimum Gasteiger partial charge on any atom is -0.418 e. The minimum atomic E-state index is -0.856. The SMILES string of the molecule is CC(CO[SiH](C)C)O[SiH](C)C. The Kier molecular flexibility index (Phi) is 6.13. The van der Waals surface area contributed by atoms with Crippen molar-refractivity contribution in [2.75, 3.05) is 6.61 Å². The quantitative estimate of drug-likeness (QED) is 0.613. The van der Waals surface area contributed by atoms with Crippen LogP contribution < -0.4 is 0 Å². The second-order valence-electron chi connectivity index (χ2n) is 3.38. The van der Waals surface area contributed by atoms with Crippen LogP contribution in [0.3, 0.4) is 0 Å². The molecule has 0 amide bonds. The van der Waals surface area contributed by atoms with Crippen molar-refractivity contribution >= 4 is 18.1 Å². The summed E-state index contributed by atoms with van der Waals surface area (Å²) in [6.07, 6.45) is 0.302. The second-order valence-corrected chi connectivity index (χ2v) is 8.18. The van der Waals surface area contributed by atoms with Crippen molar-refractivity contribution in [3.05, 3.63) is 0 Å². The molecule has 4 heteroatoms. The van der Waals surface area contributed by atoms with E-state index in [1.807, 2.05) is 0 Å². The molecule has 68 valence electrons. The first-order chi connectivity index (χ1) is 5.02. The van der Waals surface area contributed by atoms with Gasteiger partial charge in [0.25, 0.3) is 0 Å². The average Bonchev–Trinajstić information content (AvgIpc) is 1.82. The van der Waals surface area contributed by atoms with E-state index in [-0.39, 0.29) is 0 Å². The molecule has 0 heterocycles. The summed E-state index contributed by atoms with van der Waals surface area (Å²) < 4.78 is 11.2. The standard InChI is InChI=1S/C7H20O2Si2/c1-7(9-11(4)5)6-8-10(2)3/h7,10-11H,6H2,1-5H3. The van der Waals surface area contributed by atoms with Crippen LogP contribution in [-0.4, -0.2) is 30.8 Å². The van der Waals surface area contributed by atoms with Crippen molar-refractivity contribution in [1.82, 2.24) is 0 Å². The first kappa shape index (κ1) is 11.4. The Morgan fingerprint density at radius 2 is 1.64 bits per heavy atom. The summed E-state index contributed by atoms with van der Waals surface area (Å²) in [4.78, 5) is 0. The van der Waals surface area contributed by atoms with E-state index >= 15 is 0 Å². The molecule has 1 unspecified atom stereocenters. The summed E-state index contributed by atoms with van der Waals surface area (Å²) in [6.45, 7) is 11.6. The van der Waals surface area contributed by atoms with E-state index in [1.54, 1.807) is 0 Å². The van der Waals surface area contributed by atoms with E-state index in [1.165, 1.54) is 0 Å². The monoisotopic (exact) mass is 192 g/mol. The molecule has 0 saturated heterocycles. The van der Waals surface area contributed by atoms with Crippen LogP contribution in [0.4, 0.5) is 0 Å². The van der Waals surface area contributed by atoms with Crippen LogP contribution in [0, 0.1) is 0 Å². The van der Waals surface area contributed by atoms with Gasteiger partial charge in [-0.05, 0) is 33.1 Å². The van der Waals surface area contributed by atoms with Gasteiger partial charge in [0, 0.05) is 0 Å². The van der Waals surface area contributed by atoms with Crippen molar-refractivity contribution in [2.45, 2.75) is 39.2 Å². The molecule has 0 spiro atoms. The normalized spacial score (nSPS) is 14.5. The number of rotatable bonds is 5. The molecular weight excluding hydrogens is 172 g/mol. The minimum absolute atomic E-state index is 0.302. The third kappa shape index (κ3) is 8.26. The Labute approximate surface area is 73.4 Å². The summed E-state index contributed by atoms with van der Waals surface area (Å²) in [5, 5.41) is 0. The van der Waals surface area contributed by atoms with Crippen molar-refractivity contribution in [3.63, 3.8) is 0 Å². The van der Waals surface area contributed by atoms with Crippen molar-refractivity contribution in [3.8, 4) is 0 Å². The third-order valence-electron chi connectivity index (χ3n) is 1.17. The van der Waals surface area contributed by atoms with Gasteiger partial charge in [0.2, 0.25) is 0 Å². The van der Waals surface area contributed by atoms with E-state index in [0.29, 0.717) is 6.10 Å². The fraction of sp³-hybridized carbons (Fsp3) is 1.00. The molecule has 0 aliphatic rings. The zero-order valence-corrected chi connectivity index (χ0v) is 10.6. The van der Waals surface area contributed by atoms with E-state index in [2.05, 4.69) is 33.1 Å². The lowest BCUT2D eigenvalue weighted by molar-refractivity contribution is 0.144. The maximum Gasteiger partial charge on any atom is 0.171 e. The van der Waals surface area contributed by atoms with Crippen LogP contribution in [0.5, 0.6) is 0 Å². The Morgan fingerprint density at radius 1 is 1.09 bits per heavy atom. The largest absolute Gasteiger partial charge is 0.418 e. The van der Waals surface area contributed by atoms with E-state index in [4.69, 9.17) is 8.85 Å². The lowest BCUT2D eigenvalue weighted by Crippen LogP contribution is -2.25. The van der Waals surface area contributed by atoms with E-state index in [0.717, 1.165) is 6.61 Å². The summed E-state index contributed by atoms with van der Waals surface area (Å²) in [7, 11) is -1.69. The van der Waals surface area contributed by atoms with Gasteiger partial charge in [0.15, 0.2) is 18.1 Å². The van der Waals surface area contributed by atoms with Gasteiger partial charge in [-0.1, -0.05) is 0 Å². The molecule has 0 fully saturated rings. The average molecular weight is 192 g/mol. The van der Waals surface area contributed by atoms with Crippen LogP contribution >= 0.6 is 0 Å². The van der Waals surface area contributed by atoms with Gasteiger partial charge in [-0.3, -0.25) is 0 Å². The second kappa shape index (κ2) is 5.94. The van der Waals surface area contributed by atoms with Crippen LogP contribution in [0.15, 0.2) is 0 Å².